The molecule has 0 saturated heterocycles. The maximum atomic E-state index is 12.3. The monoisotopic (exact) mass is 246 g/mol. The lowest BCUT2D eigenvalue weighted by atomic mass is 10.0. The number of hydrogen-bond acceptors (Lipinski definition) is 3. The van der Waals surface area contributed by atoms with Crippen LogP contribution in [0.15, 0.2) is 18.5 Å². The molecule has 2 aromatic heterocycles. The van der Waals surface area contributed by atoms with Crippen molar-refractivity contribution in [2.45, 2.75) is 40.0 Å². The van der Waals surface area contributed by atoms with E-state index in [0.717, 1.165) is 23.4 Å². The lowest BCUT2D eigenvalue weighted by Gasteiger charge is -2.04. The predicted octanol–water partition coefficient (Wildman–Crippen LogP) is 2.59. The van der Waals surface area contributed by atoms with E-state index in [2.05, 4.69) is 24.0 Å². The highest BCUT2D eigenvalue weighted by molar-refractivity contribution is 5.78. The molecular weight excluding hydrogens is 228 g/mol. The van der Waals surface area contributed by atoms with Crippen molar-refractivity contribution in [1.29, 1.82) is 0 Å². The van der Waals surface area contributed by atoms with Crippen LogP contribution < -0.4 is 0 Å². The SMILES string of the molecule is CCc1c(C)c(C(C)C)nn1C(=O)n1cccn1. The van der Waals surface area contributed by atoms with Crippen molar-refractivity contribution < 1.29 is 4.79 Å². The minimum absolute atomic E-state index is 0.230. The van der Waals surface area contributed by atoms with E-state index in [1.807, 2.05) is 13.8 Å². The largest absolute Gasteiger partial charge is 0.369 e. The molecule has 2 rings (SSSR count). The summed E-state index contributed by atoms with van der Waals surface area (Å²) in [5, 5.41) is 8.40. The highest BCUT2D eigenvalue weighted by Gasteiger charge is 2.20. The Hall–Kier alpha value is -1.91. The van der Waals surface area contributed by atoms with Gasteiger partial charge in [0.25, 0.3) is 0 Å². The maximum absolute atomic E-state index is 12.3. The Morgan fingerprint density at radius 3 is 2.67 bits per heavy atom. The molecule has 2 heterocycles. The summed E-state index contributed by atoms with van der Waals surface area (Å²) in [6, 6.07) is 1.50. The van der Waals surface area contributed by atoms with E-state index in [-0.39, 0.29) is 6.03 Å². The van der Waals surface area contributed by atoms with Gasteiger partial charge in [-0.2, -0.15) is 19.6 Å². The molecule has 0 aliphatic carbocycles. The van der Waals surface area contributed by atoms with Crippen molar-refractivity contribution in [2.75, 3.05) is 0 Å². The summed E-state index contributed by atoms with van der Waals surface area (Å²) in [6.07, 6.45) is 4.00. The van der Waals surface area contributed by atoms with E-state index >= 15 is 0 Å². The number of hydrogen-bond donors (Lipinski definition) is 0. The summed E-state index contributed by atoms with van der Waals surface area (Å²) in [5.74, 6) is 0.307. The Morgan fingerprint density at radius 2 is 2.17 bits per heavy atom. The molecule has 0 N–H and O–H groups in total. The Balaban J connectivity index is 2.51. The molecule has 0 fully saturated rings. The molecule has 5 heteroatoms. The second kappa shape index (κ2) is 4.76. The Kier molecular flexibility index (Phi) is 3.32. The van der Waals surface area contributed by atoms with Crippen molar-refractivity contribution in [3.8, 4) is 0 Å². The first-order chi connectivity index (χ1) is 8.56. The van der Waals surface area contributed by atoms with Crippen LogP contribution in [0.25, 0.3) is 0 Å². The summed E-state index contributed by atoms with van der Waals surface area (Å²) < 4.78 is 2.77. The third kappa shape index (κ3) is 1.96. The van der Waals surface area contributed by atoms with Gasteiger partial charge in [-0.15, -0.1) is 0 Å². The van der Waals surface area contributed by atoms with Crippen LogP contribution in [0.4, 0.5) is 4.79 Å². The normalized spacial score (nSPS) is 11.2. The smallest absolute Gasteiger partial charge is 0.244 e. The van der Waals surface area contributed by atoms with E-state index in [9.17, 15) is 4.79 Å². The van der Waals surface area contributed by atoms with Gasteiger partial charge in [0.2, 0.25) is 0 Å². The number of aromatic nitrogens is 4. The second-order valence-electron chi connectivity index (χ2n) is 4.61. The number of rotatable bonds is 2. The van der Waals surface area contributed by atoms with Crippen LogP contribution in [-0.4, -0.2) is 25.6 Å². The molecule has 0 unspecified atom stereocenters. The third-order valence-corrected chi connectivity index (χ3v) is 3.04. The fourth-order valence-electron chi connectivity index (χ4n) is 2.15. The van der Waals surface area contributed by atoms with Crippen molar-refractivity contribution in [3.63, 3.8) is 0 Å². The first-order valence-corrected chi connectivity index (χ1v) is 6.19. The summed E-state index contributed by atoms with van der Waals surface area (Å²) >= 11 is 0. The van der Waals surface area contributed by atoms with Crippen molar-refractivity contribution in [1.82, 2.24) is 19.6 Å². The predicted molar refractivity (Wildman–Crippen MR) is 68.9 cm³/mol. The van der Waals surface area contributed by atoms with Gasteiger partial charge in [-0.3, -0.25) is 0 Å². The van der Waals surface area contributed by atoms with Gasteiger partial charge < -0.3 is 0 Å². The molecule has 96 valence electrons. The zero-order valence-corrected chi connectivity index (χ0v) is 11.2. The first kappa shape index (κ1) is 12.5. The Labute approximate surface area is 106 Å². The van der Waals surface area contributed by atoms with Crippen LogP contribution in [0.5, 0.6) is 0 Å². The zero-order chi connectivity index (χ0) is 13.3. The Bertz CT molecular complexity index is 552. The number of carbonyl (C=O) groups excluding carboxylic acids is 1. The van der Waals surface area contributed by atoms with Crippen LogP contribution in [0.1, 0.15) is 43.6 Å². The third-order valence-electron chi connectivity index (χ3n) is 3.04. The standard InChI is InChI=1S/C13H18N4O/c1-5-11-10(4)12(9(2)3)15-17(11)13(18)16-8-6-7-14-16/h6-9H,5H2,1-4H3. The summed E-state index contributed by atoms with van der Waals surface area (Å²) in [4.78, 5) is 12.3. The van der Waals surface area contributed by atoms with Crippen molar-refractivity contribution >= 4 is 6.03 Å². The van der Waals surface area contributed by atoms with Crippen LogP contribution in [0.2, 0.25) is 0 Å². The Morgan fingerprint density at radius 1 is 1.44 bits per heavy atom. The molecule has 18 heavy (non-hydrogen) atoms. The van der Waals surface area contributed by atoms with Crippen molar-refractivity contribution in [3.05, 3.63) is 35.4 Å². The van der Waals surface area contributed by atoms with Gasteiger partial charge >= 0.3 is 6.03 Å². The first-order valence-electron chi connectivity index (χ1n) is 6.19. The molecular formula is C13H18N4O. The zero-order valence-electron chi connectivity index (χ0n) is 11.2. The topological polar surface area (TPSA) is 52.7 Å². The molecule has 2 aromatic rings. The van der Waals surface area contributed by atoms with E-state index in [0.29, 0.717) is 5.92 Å². The quantitative estimate of drug-likeness (QED) is 0.818. The van der Waals surface area contributed by atoms with Gasteiger partial charge in [-0.25, -0.2) is 4.79 Å². The molecule has 0 saturated carbocycles. The summed E-state index contributed by atoms with van der Waals surface area (Å²) in [7, 11) is 0. The van der Waals surface area contributed by atoms with Crippen LogP contribution in [0, 0.1) is 6.92 Å². The van der Waals surface area contributed by atoms with Crippen LogP contribution >= 0.6 is 0 Å². The van der Waals surface area contributed by atoms with Crippen molar-refractivity contribution in [2.24, 2.45) is 0 Å². The molecule has 0 aromatic carbocycles. The van der Waals surface area contributed by atoms with Gasteiger partial charge in [0, 0.05) is 12.4 Å². The lowest BCUT2D eigenvalue weighted by Crippen LogP contribution is -2.23. The highest BCUT2D eigenvalue weighted by Crippen LogP contribution is 2.21. The van der Waals surface area contributed by atoms with E-state index < -0.39 is 0 Å². The minimum atomic E-state index is -0.230. The average molecular weight is 246 g/mol. The van der Waals surface area contributed by atoms with E-state index in [1.54, 1.807) is 18.5 Å². The summed E-state index contributed by atoms with van der Waals surface area (Å²) in [6.45, 7) is 8.21. The van der Waals surface area contributed by atoms with Crippen LogP contribution in [-0.2, 0) is 6.42 Å². The van der Waals surface area contributed by atoms with Gasteiger partial charge in [0.05, 0.1) is 11.4 Å². The number of nitrogens with zero attached hydrogens (tertiary/aromatic N) is 4. The molecule has 0 aliphatic heterocycles. The number of carbonyl (C=O) groups is 1. The molecule has 0 aliphatic rings. The van der Waals surface area contributed by atoms with Gasteiger partial charge in [0.1, 0.15) is 0 Å². The molecule has 5 nitrogen and oxygen atoms in total. The molecule has 0 spiro atoms. The molecule has 0 atom stereocenters. The highest BCUT2D eigenvalue weighted by atomic mass is 16.2. The average Bonchev–Trinajstić information content (AvgIpc) is 2.94. The van der Waals surface area contributed by atoms with Gasteiger partial charge in [-0.05, 0) is 30.9 Å². The van der Waals surface area contributed by atoms with Gasteiger partial charge in [-0.1, -0.05) is 20.8 Å². The van der Waals surface area contributed by atoms with E-state index in [1.165, 1.54) is 9.36 Å². The maximum Gasteiger partial charge on any atom is 0.369 e. The van der Waals surface area contributed by atoms with Crippen LogP contribution in [0.3, 0.4) is 0 Å². The van der Waals surface area contributed by atoms with Gasteiger partial charge in [0.15, 0.2) is 0 Å². The second-order valence-corrected chi connectivity index (χ2v) is 4.61. The molecule has 0 amide bonds. The fraction of sp³-hybridized carbons (Fsp3) is 0.462. The molecule has 0 bridgehead atoms. The lowest BCUT2D eigenvalue weighted by molar-refractivity contribution is 0.237. The molecule has 0 radical (unpaired) electrons. The minimum Gasteiger partial charge on any atom is -0.244 e. The fourth-order valence-corrected chi connectivity index (χ4v) is 2.15. The van der Waals surface area contributed by atoms with E-state index in [4.69, 9.17) is 0 Å². The summed E-state index contributed by atoms with van der Waals surface area (Å²) in [5.41, 5.74) is 3.04.